The van der Waals surface area contributed by atoms with Crippen molar-refractivity contribution in [3.05, 3.63) is 59.7 Å². The third-order valence-corrected chi connectivity index (χ3v) is 4.67. The lowest BCUT2D eigenvalue weighted by Crippen LogP contribution is -2.41. The summed E-state index contributed by atoms with van der Waals surface area (Å²) >= 11 is 0. The maximum absolute atomic E-state index is 10.2. The van der Waals surface area contributed by atoms with E-state index in [0.717, 1.165) is 29.9 Å². The van der Waals surface area contributed by atoms with Crippen molar-refractivity contribution in [1.29, 1.82) is 0 Å². The van der Waals surface area contributed by atoms with E-state index in [1.54, 1.807) is 6.07 Å². The molecule has 124 valence electrons. The molecule has 0 bridgehead atoms. The second-order valence-corrected chi connectivity index (χ2v) is 6.90. The van der Waals surface area contributed by atoms with Gasteiger partial charge in [-0.15, -0.1) is 0 Å². The van der Waals surface area contributed by atoms with Crippen LogP contribution in [0, 0.1) is 5.92 Å². The van der Waals surface area contributed by atoms with Crippen LogP contribution in [0.25, 0.3) is 0 Å². The highest BCUT2D eigenvalue weighted by molar-refractivity contribution is 6.04. The Morgan fingerprint density at radius 2 is 1.92 bits per heavy atom. The molecule has 0 spiro atoms. The first-order valence-corrected chi connectivity index (χ1v) is 8.53. The van der Waals surface area contributed by atoms with Crippen molar-refractivity contribution < 1.29 is 9.84 Å². The molecule has 2 aliphatic heterocycles. The lowest BCUT2D eigenvalue weighted by molar-refractivity contribution is -0.0291. The average molecular weight is 322 g/mol. The number of phenols is 1. The van der Waals surface area contributed by atoms with Gasteiger partial charge in [-0.2, -0.15) is 5.10 Å². The highest BCUT2D eigenvalue weighted by Crippen LogP contribution is 2.44. The third kappa shape index (κ3) is 2.52. The standard InChI is InChI=1S/C20H22N2O2/c1-13(2)11-20-22-17(15-8-4-6-10-19(15)24-20)12-16(21-22)14-7-3-5-9-18(14)23/h3-10,13,17,20,23H,11-12H2,1-2H3. The molecular weight excluding hydrogens is 300 g/mol. The summed E-state index contributed by atoms with van der Waals surface area (Å²) in [6, 6.07) is 15.8. The summed E-state index contributed by atoms with van der Waals surface area (Å²) in [7, 11) is 0. The van der Waals surface area contributed by atoms with E-state index >= 15 is 0 Å². The predicted octanol–water partition coefficient (Wildman–Crippen LogP) is 4.31. The molecule has 2 atom stereocenters. The Kier molecular flexibility index (Phi) is 3.68. The lowest BCUT2D eigenvalue weighted by atomic mass is 9.95. The lowest BCUT2D eigenvalue weighted by Gasteiger charge is -2.38. The van der Waals surface area contributed by atoms with Crippen LogP contribution in [0.2, 0.25) is 0 Å². The van der Waals surface area contributed by atoms with Crippen LogP contribution >= 0.6 is 0 Å². The van der Waals surface area contributed by atoms with Gasteiger partial charge in [0.15, 0.2) is 6.23 Å². The Morgan fingerprint density at radius 3 is 2.71 bits per heavy atom. The summed E-state index contributed by atoms with van der Waals surface area (Å²) in [5.41, 5.74) is 2.91. The maximum atomic E-state index is 10.2. The van der Waals surface area contributed by atoms with E-state index in [9.17, 15) is 5.11 Å². The number of hydrazone groups is 1. The molecule has 4 rings (SSSR count). The molecule has 4 nitrogen and oxygen atoms in total. The smallest absolute Gasteiger partial charge is 0.188 e. The fourth-order valence-corrected chi connectivity index (χ4v) is 3.55. The fraction of sp³-hybridized carbons (Fsp3) is 0.350. The van der Waals surface area contributed by atoms with Gasteiger partial charge in [-0.3, -0.25) is 5.01 Å². The van der Waals surface area contributed by atoms with Gasteiger partial charge in [0.1, 0.15) is 11.5 Å². The van der Waals surface area contributed by atoms with Crippen LogP contribution in [0.4, 0.5) is 0 Å². The molecule has 0 fully saturated rings. The molecule has 0 saturated heterocycles. The van der Waals surface area contributed by atoms with Gasteiger partial charge >= 0.3 is 0 Å². The topological polar surface area (TPSA) is 45.1 Å². The van der Waals surface area contributed by atoms with Crippen molar-refractivity contribution in [2.45, 2.75) is 39.0 Å². The monoisotopic (exact) mass is 322 g/mol. The van der Waals surface area contributed by atoms with Crippen LogP contribution in [-0.4, -0.2) is 22.1 Å². The van der Waals surface area contributed by atoms with Gasteiger partial charge in [0.25, 0.3) is 0 Å². The zero-order valence-electron chi connectivity index (χ0n) is 14.0. The van der Waals surface area contributed by atoms with E-state index in [1.165, 1.54) is 5.56 Å². The second-order valence-electron chi connectivity index (χ2n) is 6.90. The van der Waals surface area contributed by atoms with Gasteiger partial charge in [0, 0.05) is 24.0 Å². The number of benzene rings is 2. The summed E-state index contributed by atoms with van der Waals surface area (Å²) in [6.45, 7) is 4.39. The molecular formula is C20H22N2O2. The SMILES string of the molecule is CC(C)CC1Oc2ccccc2C2CC(c3ccccc3O)=NN12. The third-order valence-electron chi connectivity index (χ3n) is 4.67. The van der Waals surface area contributed by atoms with E-state index < -0.39 is 0 Å². The molecule has 2 aliphatic rings. The van der Waals surface area contributed by atoms with Gasteiger partial charge in [-0.25, -0.2) is 0 Å². The van der Waals surface area contributed by atoms with Gasteiger partial charge in [0.2, 0.25) is 0 Å². The molecule has 2 aromatic carbocycles. The van der Waals surface area contributed by atoms with Gasteiger partial charge in [-0.05, 0) is 24.1 Å². The van der Waals surface area contributed by atoms with Crippen LogP contribution in [-0.2, 0) is 0 Å². The zero-order chi connectivity index (χ0) is 16.7. The number of fused-ring (bicyclic) bond motifs is 3. The molecule has 0 aliphatic carbocycles. The van der Waals surface area contributed by atoms with Gasteiger partial charge in [-0.1, -0.05) is 44.2 Å². The molecule has 1 N–H and O–H groups in total. The second kappa shape index (κ2) is 5.86. The minimum Gasteiger partial charge on any atom is -0.507 e. The molecule has 0 radical (unpaired) electrons. The van der Waals surface area contributed by atoms with Crippen molar-refractivity contribution in [2.75, 3.05) is 0 Å². The molecule has 0 saturated carbocycles. The van der Waals surface area contributed by atoms with Crippen LogP contribution in [0.3, 0.4) is 0 Å². The van der Waals surface area contributed by atoms with Crippen LogP contribution in [0.1, 0.15) is 43.9 Å². The number of phenolic OH excluding ortho intramolecular Hbond substituents is 1. The maximum Gasteiger partial charge on any atom is 0.188 e. The van der Waals surface area contributed by atoms with E-state index in [1.807, 2.05) is 36.4 Å². The Balaban J connectivity index is 1.74. The number of rotatable bonds is 3. The minimum atomic E-state index is -0.0618. The summed E-state index contributed by atoms with van der Waals surface area (Å²) in [5.74, 6) is 1.76. The van der Waals surface area contributed by atoms with Crippen molar-refractivity contribution in [3.63, 3.8) is 0 Å². The van der Waals surface area contributed by atoms with Gasteiger partial charge < -0.3 is 9.84 Å². The molecule has 2 heterocycles. The van der Waals surface area contributed by atoms with Crippen LogP contribution in [0.5, 0.6) is 11.5 Å². The normalized spacial score (nSPS) is 22.0. The molecule has 0 amide bonds. The minimum absolute atomic E-state index is 0.0618. The van der Waals surface area contributed by atoms with Crippen molar-refractivity contribution in [3.8, 4) is 11.5 Å². The first-order chi connectivity index (χ1) is 11.6. The number of nitrogens with zero attached hydrogens (tertiary/aromatic N) is 2. The number of ether oxygens (including phenoxy) is 1. The summed E-state index contributed by atoms with van der Waals surface area (Å²) in [5, 5.41) is 17.1. The van der Waals surface area contributed by atoms with Crippen LogP contribution in [0.15, 0.2) is 53.6 Å². The number of aromatic hydroxyl groups is 1. The van der Waals surface area contributed by atoms with E-state index in [2.05, 4.69) is 24.9 Å². The number of hydrogen-bond donors (Lipinski definition) is 1. The largest absolute Gasteiger partial charge is 0.507 e. The highest BCUT2D eigenvalue weighted by atomic mass is 16.5. The average Bonchev–Trinajstić information content (AvgIpc) is 3.00. The molecule has 2 aromatic rings. The van der Waals surface area contributed by atoms with Crippen molar-refractivity contribution in [1.82, 2.24) is 5.01 Å². The summed E-state index contributed by atoms with van der Waals surface area (Å²) in [4.78, 5) is 0. The van der Waals surface area contributed by atoms with E-state index in [0.29, 0.717) is 5.92 Å². The van der Waals surface area contributed by atoms with Crippen molar-refractivity contribution >= 4 is 5.71 Å². The zero-order valence-corrected chi connectivity index (χ0v) is 14.0. The summed E-state index contributed by atoms with van der Waals surface area (Å²) in [6.07, 6.45) is 1.64. The quantitative estimate of drug-likeness (QED) is 0.916. The first-order valence-electron chi connectivity index (χ1n) is 8.53. The summed E-state index contributed by atoms with van der Waals surface area (Å²) < 4.78 is 6.23. The number of hydrogen-bond acceptors (Lipinski definition) is 4. The van der Waals surface area contributed by atoms with Gasteiger partial charge in [0.05, 0.1) is 11.8 Å². The van der Waals surface area contributed by atoms with E-state index in [4.69, 9.17) is 9.84 Å². The Labute approximate surface area is 142 Å². The Hall–Kier alpha value is -2.49. The van der Waals surface area contributed by atoms with E-state index in [-0.39, 0.29) is 18.0 Å². The van der Waals surface area contributed by atoms with Crippen LogP contribution < -0.4 is 4.74 Å². The molecule has 4 heteroatoms. The van der Waals surface area contributed by atoms with Crippen molar-refractivity contribution in [2.24, 2.45) is 11.0 Å². The predicted molar refractivity (Wildman–Crippen MR) is 94.2 cm³/mol. The fourth-order valence-electron chi connectivity index (χ4n) is 3.55. The Bertz CT molecular complexity index is 785. The molecule has 0 aromatic heterocycles. The first kappa shape index (κ1) is 15.1. The highest BCUT2D eigenvalue weighted by Gasteiger charge is 2.40. The molecule has 2 unspecified atom stereocenters. The number of para-hydroxylation sites is 2. The Morgan fingerprint density at radius 1 is 1.17 bits per heavy atom. The molecule has 24 heavy (non-hydrogen) atoms.